The molecule has 0 amide bonds. The lowest BCUT2D eigenvalue weighted by atomic mass is 9.87. The van der Waals surface area contributed by atoms with Gasteiger partial charge >= 0.3 is 0 Å². The zero-order valence-electron chi connectivity index (χ0n) is 11.2. The van der Waals surface area contributed by atoms with Crippen molar-refractivity contribution in [2.45, 2.75) is 65.9 Å². The Hall–Kier alpha value is -0.370. The highest BCUT2D eigenvalue weighted by Crippen LogP contribution is 2.35. The van der Waals surface area contributed by atoms with Crippen LogP contribution >= 0.6 is 0 Å². The molecular weight excluding hydrogens is 200 g/mol. The highest BCUT2D eigenvalue weighted by Gasteiger charge is 2.31. The highest BCUT2D eigenvalue weighted by molar-refractivity contribution is 5.83. The average molecular weight is 226 g/mol. The van der Waals surface area contributed by atoms with Crippen molar-refractivity contribution in [3.63, 3.8) is 0 Å². The first-order valence-electron chi connectivity index (χ1n) is 6.56. The summed E-state index contributed by atoms with van der Waals surface area (Å²) >= 11 is 0. The number of rotatable bonds is 7. The maximum absolute atomic E-state index is 12.1. The molecule has 0 heterocycles. The Morgan fingerprint density at radius 1 is 1.38 bits per heavy atom. The van der Waals surface area contributed by atoms with Crippen molar-refractivity contribution in [1.82, 2.24) is 0 Å². The smallest absolute Gasteiger partial charge is 0.162 e. The van der Waals surface area contributed by atoms with E-state index in [2.05, 4.69) is 27.7 Å². The van der Waals surface area contributed by atoms with Gasteiger partial charge in [0.15, 0.2) is 5.78 Å². The first-order chi connectivity index (χ1) is 7.42. The van der Waals surface area contributed by atoms with E-state index in [1.54, 1.807) is 0 Å². The number of carbonyl (C=O) groups is 1. The Morgan fingerprint density at radius 3 is 2.44 bits per heavy atom. The van der Waals surface area contributed by atoms with Crippen LogP contribution in [-0.4, -0.2) is 18.5 Å². The molecule has 16 heavy (non-hydrogen) atoms. The van der Waals surface area contributed by atoms with E-state index in [0.717, 1.165) is 18.8 Å². The molecule has 2 heteroatoms. The predicted octanol–water partition coefficient (Wildman–Crippen LogP) is 3.59. The second-order valence-corrected chi connectivity index (χ2v) is 6.24. The third-order valence-electron chi connectivity index (χ3n) is 2.83. The molecule has 0 radical (unpaired) electrons. The van der Waals surface area contributed by atoms with Gasteiger partial charge in [0, 0.05) is 13.0 Å². The number of Topliss-reactive ketones (excluding diaryl/α,β-unsaturated/α-hetero) is 1. The number of ether oxygens (including phenoxy) is 1. The zero-order chi connectivity index (χ0) is 12.2. The van der Waals surface area contributed by atoms with Crippen LogP contribution in [0, 0.1) is 11.3 Å². The van der Waals surface area contributed by atoms with Crippen LogP contribution in [-0.2, 0) is 9.53 Å². The fourth-order valence-electron chi connectivity index (χ4n) is 1.85. The fourth-order valence-corrected chi connectivity index (χ4v) is 1.85. The van der Waals surface area contributed by atoms with Gasteiger partial charge in [0.05, 0.1) is 0 Å². The molecule has 0 aromatic heterocycles. The molecule has 1 fully saturated rings. The van der Waals surface area contributed by atoms with E-state index in [9.17, 15) is 4.79 Å². The van der Waals surface area contributed by atoms with Gasteiger partial charge in [-0.2, -0.15) is 0 Å². The molecule has 1 aliphatic rings. The third kappa shape index (κ3) is 5.64. The van der Waals surface area contributed by atoms with Crippen molar-refractivity contribution in [2.75, 3.05) is 6.61 Å². The molecule has 1 saturated carbocycles. The molecule has 0 saturated heterocycles. The molecule has 1 aliphatic carbocycles. The summed E-state index contributed by atoms with van der Waals surface area (Å²) in [5.41, 5.74) is 0.0778. The van der Waals surface area contributed by atoms with Gasteiger partial charge in [0.25, 0.3) is 0 Å². The molecule has 0 aliphatic heterocycles. The Labute approximate surface area is 99.8 Å². The fraction of sp³-hybridized carbons (Fsp3) is 0.929. The molecule has 1 atom stereocenters. The van der Waals surface area contributed by atoms with Gasteiger partial charge in [-0.3, -0.25) is 4.79 Å². The second-order valence-electron chi connectivity index (χ2n) is 6.24. The molecular formula is C14H26O2. The quantitative estimate of drug-likeness (QED) is 0.663. The first-order valence-corrected chi connectivity index (χ1v) is 6.56. The van der Waals surface area contributed by atoms with Gasteiger partial charge in [0.2, 0.25) is 0 Å². The standard InChI is InChI=1S/C14H26O2/c1-5-8-16-13(9-11-6-7-11)12(15)10-14(2,3)4/h11,13H,5-10H2,1-4H3. The number of hydrogen-bond acceptors (Lipinski definition) is 2. The summed E-state index contributed by atoms with van der Waals surface area (Å²) in [4.78, 5) is 12.1. The summed E-state index contributed by atoms with van der Waals surface area (Å²) < 4.78 is 5.70. The number of hydrogen-bond donors (Lipinski definition) is 0. The van der Waals surface area contributed by atoms with Crippen LogP contribution in [0.1, 0.15) is 59.8 Å². The lowest BCUT2D eigenvalue weighted by Gasteiger charge is -2.22. The largest absolute Gasteiger partial charge is 0.370 e. The number of ketones is 1. The van der Waals surface area contributed by atoms with Crippen molar-refractivity contribution < 1.29 is 9.53 Å². The van der Waals surface area contributed by atoms with Crippen LogP contribution < -0.4 is 0 Å². The Kier molecular flexibility index (Phi) is 4.97. The first kappa shape index (κ1) is 13.7. The van der Waals surface area contributed by atoms with E-state index in [1.807, 2.05) is 0 Å². The van der Waals surface area contributed by atoms with Crippen LogP contribution in [0.3, 0.4) is 0 Å². The minimum absolute atomic E-state index is 0.0778. The van der Waals surface area contributed by atoms with Gasteiger partial charge in [0.1, 0.15) is 6.10 Å². The zero-order valence-corrected chi connectivity index (χ0v) is 11.2. The lowest BCUT2D eigenvalue weighted by molar-refractivity contribution is -0.133. The van der Waals surface area contributed by atoms with Gasteiger partial charge in [-0.25, -0.2) is 0 Å². The van der Waals surface area contributed by atoms with Crippen LogP contribution in [0.4, 0.5) is 0 Å². The van der Waals surface area contributed by atoms with Crippen molar-refractivity contribution >= 4 is 5.78 Å². The summed E-state index contributed by atoms with van der Waals surface area (Å²) in [5, 5.41) is 0. The monoisotopic (exact) mass is 226 g/mol. The van der Waals surface area contributed by atoms with Crippen molar-refractivity contribution in [3.05, 3.63) is 0 Å². The maximum atomic E-state index is 12.1. The molecule has 1 unspecified atom stereocenters. The molecule has 0 aromatic rings. The maximum Gasteiger partial charge on any atom is 0.162 e. The van der Waals surface area contributed by atoms with Gasteiger partial charge in [-0.1, -0.05) is 40.5 Å². The van der Waals surface area contributed by atoms with E-state index in [-0.39, 0.29) is 11.5 Å². The SMILES string of the molecule is CCCOC(CC1CC1)C(=O)CC(C)(C)C. The summed E-state index contributed by atoms with van der Waals surface area (Å²) in [6, 6.07) is 0. The van der Waals surface area contributed by atoms with Gasteiger partial charge < -0.3 is 4.74 Å². The minimum atomic E-state index is -0.133. The van der Waals surface area contributed by atoms with Crippen molar-refractivity contribution in [2.24, 2.45) is 11.3 Å². The number of carbonyl (C=O) groups excluding carboxylic acids is 1. The molecule has 0 bridgehead atoms. The van der Waals surface area contributed by atoms with E-state index < -0.39 is 0 Å². The Bertz CT molecular complexity index is 223. The second kappa shape index (κ2) is 5.81. The van der Waals surface area contributed by atoms with Crippen LogP contribution in [0.25, 0.3) is 0 Å². The highest BCUT2D eigenvalue weighted by atomic mass is 16.5. The van der Waals surface area contributed by atoms with Crippen molar-refractivity contribution in [3.8, 4) is 0 Å². The normalized spacial score (nSPS) is 18.5. The van der Waals surface area contributed by atoms with Crippen LogP contribution in [0.5, 0.6) is 0 Å². The minimum Gasteiger partial charge on any atom is -0.370 e. The third-order valence-corrected chi connectivity index (χ3v) is 2.83. The van der Waals surface area contributed by atoms with Crippen molar-refractivity contribution in [1.29, 1.82) is 0 Å². The summed E-state index contributed by atoms with van der Waals surface area (Å²) in [6.45, 7) is 9.13. The Morgan fingerprint density at radius 2 is 2.00 bits per heavy atom. The summed E-state index contributed by atoms with van der Waals surface area (Å²) in [7, 11) is 0. The predicted molar refractivity (Wildman–Crippen MR) is 66.5 cm³/mol. The van der Waals surface area contributed by atoms with E-state index >= 15 is 0 Å². The molecule has 0 spiro atoms. The molecule has 2 nitrogen and oxygen atoms in total. The molecule has 0 aromatic carbocycles. The molecule has 0 N–H and O–H groups in total. The topological polar surface area (TPSA) is 26.3 Å². The average Bonchev–Trinajstić information content (AvgIpc) is 2.92. The van der Waals surface area contributed by atoms with Gasteiger partial charge in [-0.15, -0.1) is 0 Å². The van der Waals surface area contributed by atoms with E-state index in [0.29, 0.717) is 18.8 Å². The summed E-state index contributed by atoms with van der Waals surface area (Å²) in [6.07, 6.45) is 5.02. The van der Waals surface area contributed by atoms with Crippen LogP contribution in [0.15, 0.2) is 0 Å². The Balaban J connectivity index is 2.42. The molecule has 94 valence electrons. The van der Waals surface area contributed by atoms with E-state index in [1.165, 1.54) is 12.8 Å². The van der Waals surface area contributed by atoms with E-state index in [4.69, 9.17) is 4.74 Å². The van der Waals surface area contributed by atoms with Gasteiger partial charge in [-0.05, 0) is 24.2 Å². The lowest BCUT2D eigenvalue weighted by Crippen LogP contribution is -2.29. The summed E-state index contributed by atoms with van der Waals surface area (Å²) in [5.74, 6) is 1.05. The van der Waals surface area contributed by atoms with Crippen LogP contribution in [0.2, 0.25) is 0 Å². The molecule has 1 rings (SSSR count).